The van der Waals surface area contributed by atoms with E-state index in [2.05, 4.69) is 12.2 Å². The van der Waals surface area contributed by atoms with Gasteiger partial charge in [0, 0.05) is 0 Å². The van der Waals surface area contributed by atoms with E-state index in [4.69, 9.17) is 4.74 Å². The maximum atomic E-state index is 12.8. The van der Waals surface area contributed by atoms with E-state index < -0.39 is 5.97 Å². The van der Waals surface area contributed by atoms with Crippen LogP contribution < -0.4 is 4.90 Å². The van der Waals surface area contributed by atoms with Crippen LogP contribution in [-0.4, -0.2) is 24.4 Å². The maximum absolute atomic E-state index is 12.8. The number of ether oxygens (including phenoxy) is 1. The van der Waals surface area contributed by atoms with E-state index in [9.17, 15) is 14.4 Å². The minimum atomic E-state index is -0.404. The summed E-state index contributed by atoms with van der Waals surface area (Å²) in [4.78, 5) is 38.7. The lowest BCUT2D eigenvalue weighted by Gasteiger charge is -2.38. The molecule has 3 aliphatic carbocycles. The largest absolute Gasteiger partial charge is 0.462 e. The van der Waals surface area contributed by atoms with E-state index in [1.54, 1.807) is 31.2 Å². The highest BCUT2D eigenvalue weighted by Gasteiger charge is 2.56. The minimum Gasteiger partial charge on any atom is -0.462 e. The van der Waals surface area contributed by atoms with Crippen LogP contribution in [0.3, 0.4) is 0 Å². The highest BCUT2D eigenvalue weighted by molar-refractivity contribution is 6.22. The summed E-state index contributed by atoms with van der Waals surface area (Å²) in [6, 6.07) is 6.49. The zero-order chi connectivity index (χ0) is 16.8. The lowest BCUT2D eigenvalue weighted by molar-refractivity contribution is -0.124. The first kappa shape index (κ1) is 15.1. The Balaban J connectivity index is 1.62. The van der Waals surface area contributed by atoms with Gasteiger partial charge in [0.1, 0.15) is 0 Å². The third-order valence-electron chi connectivity index (χ3n) is 5.40. The number of benzene rings is 1. The van der Waals surface area contributed by atoms with Crippen molar-refractivity contribution in [2.45, 2.75) is 19.8 Å². The van der Waals surface area contributed by atoms with Gasteiger partial charge in [0.2, 0.25) is 11.8 Å². The van der Waals surface area contributed by atoms with Crippen LogP contribution in [-0.2, 0) is 14.3 Å². The van der Waals surface area contributed by atoms with E-state index in [-0.39, 0.29) is 35.5 Å². The molecule has 24 heavy (non-hydrogen) atoms. The number of allylic oxidation sites excluding steroid dienone is 2. The second-order valence-corrected chi connectivity index (χ2v) is 6.62. The van der Waals surface area contributed by atoms with Crippen LogP contribution in [0.4, 0.5) is 5.69 Å². The van der Waals surface area contributed by atoms with Gasteiger partial charge in [-0.3, -0.25) is 14.5 Å². The molecular formula is C19H19NO4. The Morgan fingerprint density at radius 2 is 1.58 bits per heavy atom. The van der Waals surface area contributed by atoms with Gasteiger partial charge >= 0.3 is 5.97 Å². The molecule has 1 aromatic carbocycles. The van der Waals surface area contributed by atoms with Crippen LogP contribution in [0.15, 0.2) is 36.4 Å². The number of anilines is 1. The SMILES string of the molecule is CCOC(=O)c1ccc(N2C(=O)C3C4C=CC(CC4)C3C2=O)cc1. The molecule has 2 fully saturated rings. The number of amides is 2. The van der Waals surface area contributed by atoms with Gasteiger partial charge in [0.15, 0.2) is 0 Å². The molecule has 0 aromatic heterocycles. The quantitative estimate of drug-likeness (QED) is 0.487. The van der Waals surface area contributed by atoms with Crippen molar-refractivity contribution in [3.05, 3.63) is 42.0 Å². The predicted octanol–water partition coefficient (Wildman–Crippen LogP) is 2.56. The minimum absolute atomic E-state index is 0.104. The van der Waals surface area contributed by atoms with Crippen LogP contribution in [0, 0.1) is 23.7 Å². The molecule has 1 aromatic rings. The molecule has 0 N–H and O–H groups in total. The number of carbonyl (C=O) groups excluding carboxylic acids is 3. The molecule has 2 amide bonds. The highest BCUT2D eigenvalue weighted by Crippen LogP contribution is 2.50. The van der Waals surface area contributed by atoms with Crippen LogP contribution in [0.5, 0.6) is 0 Å². The molecule has 124 valence electrons. The van der Waals surface area contributed by atoms with Gasteiger partial charge in [0.05, 0.1) is 29.7 Å². The number of fused-ring (bicyclic) bond motifs is 1. The van der Waals surface area contributed by atoms with Crippen molar-refractivity contribution in [2.24, 2.45) is 23.7 Å². The third-order valence-corrected chi connectivity index (χ3v) is 5.40. The van der Waals surface area contributed by atoms with Crippen molar-refractivity contribution in [1.82, 2.24) is 0 Å². The fraction of sp³-hybridized carbons (Fsp3) is 0.421. The average Bonchev–Trinajstić information content (AvgIpc) is 2.90. The van der Waals surface area contributed by atoms with Crippen LogP contribution in [0.25, 0.3) is 0 Å². The number of nitrogens with zero attached hydrogens (tertiary/aromatic N) is 1. The molecule has 5 rings (SSSR count). The normalized spacial score (nSPS) is 30.6. The van der Waals surface area contributed by atoms with Crippen molar-refractivity contribution >= 4 is 23.5 Å². The maximum Gasteiger partial charge on any atom is 0.338 e. The van der Waals surface area contributed by atoms with E-state index in [1.165, 1.54) is 4.90 Å². The van der Waals surface area contributed by atoms with Crippen molar-refractivity contribution in [3.8, 4) is 0 Å². The van der Waals surface area contributed by atoms with Crippen LogP contribution in [0.1, 0.15) is 30.1 Å². The number of esters is 1. The summed E-state index contributed by atoms with van der Waals surface area (Å²) in [6.07, 6.45) is 6.18. The van der Waals surface area contributed by atoms with E-state index in [0.717, 1.165) is 12.8 Å². The van der Waals surface area contributed by atoms with Crippen molar-refractivity contribution in [1.29, 1.82) is 0 Å². The van der Waals surface area contributed by atoms with Gasteiger partial charge < -0.3 is 4.74 Å². The molecule has 1 aliphatic heterocycles. The van der Waals surface area contributed by atoms with Crippen LogP contribution in [0.2, 0.25) is 0 Å². The van der Waals surface area contributed by atoms with E-state index >= 15 is 0 Å². The lowest BCUT2D eigenvalue weighted by atomic mass is 9.63. The predicted molar refractivity (Wildman–Crippen MR) is 87.2 cm³/mol. The monoisotopic (exact) mass is 325 g/mol. The summed E-state index contributed by atoms with van der Waals surface area (Å²) >= 11 is 0. The van der Waals surface area contributed by atoms with Crippen molar-refractivity contribution in [2.75, 3.05) is 11.5 Å². The molecule has 4 unspecified atom stereocenters. The first-order valence-electron chi connectivity index (χ1n) is 8.45. The zero-order valence-electron chi connectivity index (χ0n) is 13.5. The molecule has 1 saturated heterocycles. The van der Waals surface area contributed by atoms with Gasteiger partial charge in [-0.05, 0) is 55.9 Å². The summed E-state index contributed by atoms with van der Waals surface area (Å²) in [7, 11) is 0. The zero-order valence-corrected chi connectivity index (χ0v) is 13.5. The standard InChI is InChI=1S/C19H19NO4/c1-2-24-19(23)13-7-9-14(10-8-13)20-17(21)15-11-3-4-12(6-5-11)16(15)18(20)22/h3-4,7-12,15-16H,2,5-6H2,1H3. The first-order valence-corrected chi connectivity index (χ1v) is 8.45. The first-order chi connectivity index (χ1) is 11.6. The molecule has 1 saturated carbocycles. The summed E-state index contributed by atoms with van der Waals surface area (Å²) in [5, 5.41) is 0. The smallest absolute Gasteiger partial charge is 0.338 e. The van der Waals surface area contributed by atoms with Gasteiger partial charge in [-0.25, -0.2) is 4.79 Å². The Labute approximate surface area is 140 Å². The van der Waals surface area contributed by atoms with Gasteiger partial charge in [-0.2, -0.15) is 0 Å². The number of carbonyl (C=O) groups is 3. The summed E-state index contributed by atoms with van der Waals surface area (Å²) in [5.41, 5.74) is 0.950. The molecule has 4 aliphatic rings. The topological polar surface area (TPSA) is 63.7 Å². The lowest BCUT2D eigenvalue weighted by Crippen LogP contribution is -2.38. The molecule has 0 radical (unpaired) electrons. The van der Waals surface area contributed by atoms with Gasteiger partial charge in [-0.1, -0.05) is 12.2 Å². The summed E-state index contributed by atoms with van der Waals surface area (Å²) < 4.78 is 4.95. The van der Waals surface area contributed by atoms with Crippen LogP contribution >= 0.6 is 0 Å². The Bertz CT molecular complexity index is 704. The molecule has 2 bridgehead atoms. The average molecular weight is 325 g/mol. The Kier molecular flexibility index (Phi) is 3.52. The Morgan fingerprint density at radius 3 is 2.04 bits per heavy atom. The number of rotatable bonds is 3. The van der Waals surface area contributed by atoms with E-state index in [0.29, 0.717) is 17.9 Å². The number of hydrogen-bond donors (Lipinski definition) is 0. The fourth-order valence-corrected chi connectivity index (χ4v) is 4.29. The summed E-state index contributed by atoms with van der Waals surface area (Å²) in [5.74, 6) is -0.683. The van der Waals surface area contributed by atoms with Gasteiger partial charge in [0.25, 0.3) is 0 Å². The molecule has 1 heterocycles. The number of imide groups is 1. The molecule has 5 nitrogen and oxygen atoms in total. The second kappa shape index (κ2) is 5.58. The Hall–Kier alpha value is -2.43. The Morgan fingerprint density at radius 1 is 1.04 bits per heavy atom. The fourth-order valence-electron chi connectivity index (χ4n) is 4.29. The third kappa shape index (κ3) is 2.11. The molecule has 0 spiro atoms. The molecule has 5 heteroatoms. The molecular weight excluding hydrogens is 306 g/mol. The van der Waals surface area contributed by atoms with Crippen molar-refractivity contribution in [3.63, 3.8) is 0 Å². The number of hydrogen-bond acceptors (Lipinski definition) is 4. The van der Waals surface area contributed by atoms with Crippen molar-refractivity contribution < 1.29 is 19.1 Å². The summed E-state index contributed by atoms with van der Waals surface area (Å²) in [6.45, 7) is 2.06. The second-order valence-electron chi connectivity index (χ2n) is 6.62. The molecule has 4 atom stereocenters. The van der Waals surface area contributed by atoms with E-state index in [1.807, 2.05) is 0 Å². The van der Waals surface area contributed by atoms with Gasteiger partial charge in [-0.15, -0.1) is 0 Å². The highest BCUT2D eigenvalue weighted by atomic mass is 16.5.